The molecule has 1 saturated heterocycles. The maximum atomic E-state index is 13.6. The van der Waals surface area contributed by atoms with E-state index in [9.17, 15) is 14.7 Å². The van der Waals surface area contributed by atoms with Crippen molar-refractivity contribution in [2.75, 3.05) is 0 Å². The van der Waals surface area contributed by atoms with E-state index in [0.29, 0.717) is 33.1 Å². The number of halogens is 1. The van der Waals surface area contributed by atoms with Crippen LogP contribution in [-0.2, 0) is 4.79 Å². The van der Waals surface area contributed by atoms with Crippen molar-refractivity contribution in [2.45, 2.75) is 38.6 Å². The van der Waals surface area contributed by atoms with Crippen LogP contribution < -0.4 is 0 Å². The first-order chi connectivity index (χ1) is 17.4. The molecule has 2 fully saturated rings. The number of hydrogen-bond acceptors (Lipinski definition) is 5. The predicted molar refractivity (Wildman–Crippen MR) is 143 cm³/mol. The smallest absolute Gasteiger partial charge is 0.337 e. The lowest BCUT2D eigenvalue weighted by Crippen LogP contribution is -2.44. The monoisotopic (exact) mass is 520 g/mol. The number of hydrogen-bond donors (Lipinski definition) is 1. The third-order valence-corrected chi connectivity index (χ3v) is 7.91. The summed E-state index contributed by atoms with van der Waals surface area (Å²) >= 11 is 7.35. The van der Waals surface area contributed by atoms with E-state index in [2.05, 4.69) is 6.92 Å². The zero-order chi connectivity index (χ0) is 25.2. The number of carboxylic acid groups (broad SMARTS) is 1. The number of nitrogens with zero attached hydrogens (tertiary/aromatic N) is 2. The minimum absolute atomic E-state index is 0.00556. The van der Waals surface area contributed by atoms with E-state index < -0.39 is 5.97 Å². The summed E-state index contributed by atoms with van der Waals surface area (Å²) in [6.07, 6.45) is 6.07. The summed E-state index contributed by atoms with van der Waals surface area (Å²) in [5.41, 5.74) is 1.40. The molecule has 0 bridgehead atoms. The second kappa shape index (κ2) is 10.4. The molecule has 2 aromatic carbocycles. The maximum Gasteiger partial charge on any atom is 0.337 e. The van der Waals surface area contributed by atoms with Gasteiger partial charge in [-0.25, -0.2) is 9.79 Å². The van der Waals surface area contributed by atoms with Gasteiger partial charge in [-0.1, -0.05) is 49.6 Å². The van der Waals surface area contributed by atoms with Crippen molar-refractivity contribution < 1.29 is 19.1 Å². The number of benzene rings is 2. The van der Waals surface area contributed by atoms with E-state index in [1.54, 1.807) is 24.3 Å². The van der Waals surface area contributed by atoms with Gasteiger partial charge < -0.3 is 9.52 Å². The number of carbonyl (C=O) groups excluding carboxylic acids is 1. The van der Waals surface area contributed by atoms with Gasteiger partial charge in [-0.3, -0.25) is 9.69 Å². The molecule has 0 spiro atoms. The fraction of sp³-hybridized carbons (Fsp3) is 0.250. The molecule has 5 rings (SSSR count). The van der Waals surface area contributed by atoms with Crippen molar-refractivity contribution in [1.29, 1.82) is 0 Å². The molecular formula is C28H25ClN2O4S. The number of rotatable bonds is 5. The van der Waals surface area contributed by atoms with Gasteiger partial charge in [0.15, 0.2) is 5.17 Å². The quantitative estimate of drug-likeness (QED) is 0.352. The molecule has 2 aliphatic rings. The van der Waals surface area contributed by atoms with E-state index >= 15 is 0 Å². The average molecular weight is 521 g/mol. The number of furan rings is 1. The number of thioether (sulfide) groups is 1. The summed E-state index contributed by atoms with van der Waals surface area (Å²) in [6, 6.07) is 18.0. The van der Waals surface area contributed by atoms with Crippen molar-refractivity contribution in [1.82, 2.24) is 4.90 Å². The van der Waals surface area contributed by atoms with Crippen LogP contribution in [0.2, 0.25) is 5.02 Å². The largest absolute Gasteiger partial charge is 0.478 e. The van der Waals surface area contributed by atoms with Crippen LogP contribution in [0, 0.1) is 5.92 Å². The molecule has 1 aromatic heterocycles. The predicted octanol–water partition coefficient (Wildman–Crippen LogP) is 7.48. The van der Waals surface area contributed by atoms with Crippen LogP contribution in [-0.4, -0.2) is 33.1 Å². The lowest BCUT2D eigenvalue weighted by Gasteiger charge is -2.35. The molecule has 8 heteroatoms. The second-order valence-electron chi connectivity index (χ2n) is 9.05. The number of carbonyl (C=O) groups is 2. The van der Waals surface area contributed by atoms with Crippen molar-refractivity contribution in [3.8, 4) is 11.3 Å². The first-order valence-electron chi connectivity index (χ1n) is 11.9. The third kappa shape index (κ3) is 4.99. The third-order valence-electron chi connectivity index (χ3n) is 6.60. The molecule has 0 unspecified atom stereocenters. The first kappa shape index (κ1) is 24.4. The molecule has 2 heterocycles. The number of aromatic carboxylic acids is 1. The highest BCUT2D eigenvalue weighted by atomic mass is 35.5. The summed E-state index contributed by atoms with van der Waals surface area (Å²) in [5, 5.41) is 10.2. The van der Waals surface area contributed by atoms with E-state index in [0.717, 1.165) is 24.9 Å². The molecule has 1 aliphatic carbocycles. The van der Waals surface area contributed by atoms with Gasteiger partial charge in [0.05, 0.1) is 21.2 Å². The summed E-state index contributed by atoms with van der Waals surface area (Å²) in [5.74, 6) is 0.224. The second-order valence-corrected chi connectivity index (χ2v) is 10.5. The Bertz CT molecular complexity index is 1360. The van der Waals surface area contributed by atoms with Gasteiger partial charge in [-0.2, -0.15) is 0 Å². The molecule has 3 aromatic rings. The molecular weight excluding hydrogens is 496 g/mol. The van der Waals surface area contributed by atoms with Gasteiger partial charge in [-0.15, -0.1) is 0 Å². The Labute approximate surface area is 218 Å². The van der Waals surface area contributed by atoms with Gasteiger partial charge >= 0.3 is 5.97 Å². The standard InChI is InChI=1S/C28H25ClN2O4S/c1-17-7-5-6-10-23(17)31-26(32)25(36-28(31)30-19-8-3-2-4-9-19)16-20-12-14-24(35-20)18-11-13-22(29)21(15-18)27(33)34/h2-4,8-9,11-17,23H,5-7,10H2,1H3,(H,33,34)/b25-16-,30-28?/t17-,23-/m0/s1. The van der Waals surface area contributed by atoms with E-state index in [-0.39, 0.29) is 22.5 Å². The van der Waals surface area contributed by atoms with Gasteiger partial charge in [0.25, 0.3) is 5.91 Å². The summed E-state index contributed by atoms with van der Waals surface area (Å²) in [6.45, 7) is 2.21. The fourth-order valence-electron chi connectivity index (χ4n) is 4.71. The Morgan fingerprint density at radius 1 is 1.14 bits per heavy atom. The van der Waals surface area contributed by atoms with Crippen LogP contribution in [0.4, 0.5) is 5.69 Å². The highest BCUT2D eigenvalue weighted by Gasteiger charge is 2.41. The number of para-hydroxylation sites is 1. The first-order valence-corrected chi connectivity index (χ1v) is 13.1. The van der Waals surface area contributed by atoms with Gasteiger partial charge in [0.2, 0.25) is 0 Å². The van der Waals surface area contributed by atoms with E-state index in [1.807, 2.05) is 35.2 Å². The average Bonchev–Trinajstić information content (AvgIpc) is 3.45. The van der Waals surface area contributed by atoms with Crippen LogP contribution in [0.25, 0.3) is 17.4 Å². The van der Waals surface area contributed by atoms with Crippen molar-refractivity contribution >= 4 is 52.2 Å². The molecule has 6 nitrogen and oxygen atoms in total. The van der Waals surface area contributed by atoms with Gasteiger partial charge in [0.1, 0.15) is 11.5 Å². The lowest BCUT2D eigenvalue weighted by molar-refractivity contribution is -0.124. The summed E-state index contributed by atoms with van der Waals surface area (Å²) < 4.78 is 5.97. The Kier molecular flexibility index (Phi) is 7.03. The zero-order valence-corrected chi connectivity index (χ0v) is 21.3. The van der Waals surface area contributed by atoms with Crippen molar-refractivity contribution in [2.24, 2.45) is 10.9 Å². The Morgan fingerprint density at radius 3 is 2.67 bits per heavy atom. The Balaban J connectivity index is 1.47. The summed E-state index contributed by atoms with van der Waals surface area (Å²) in [4.78, 5) is 32.3. The lowest BCUT2D eigenvalue weighted by atomic mass is 9.85. The molecule has 1 aliphatic heterocycles. The fourth-order valence-corrected chi connectivity index (χ4v) is 5.93. The number of amidine groups is 1. The molecule has 1 N–H and O–H groups in total. The zero-order valence-electron chi connectivity index (χ0n) is 19.7. The molecule has 1 saturated carbocycles. The number of amides is 1. The SMILES string of the molecule is C[C@H]1CCCC[C@@H]1N1C(=O)/C(=C/c2ccc(-c3ccc(Cl)c(C(=O)O)c3)o2)SC1=Nc1ccccc1. The van der Waals surface area contributed by atoms with E-state index in [4.69, 9.17) is 21.0 Å². The Hall–Kier alpha value is -3.29. The van der Waals surface area contributed by atoms with E-state index in [1.165, 1.54) is 30.3 Å². The van der Waals surface area contributed by atoms with Crippen LogP contribution in [0.5, 0.6) is 0 Å². The number of aliphatic imine (C=N–C) groups is 1. The molecule has 0 radical (unpaired) electrons. The minimum atomic E-state index is -1.11. The highest BCUT2D eigenvalue weighted by molar-refractivity contribution is 8.18. The maximum absolute atomic E-state index is 13.6. The van der Waals surface area contributed by atoms with Crippen LogP contribution in [0.1, 0.15) is 48.7 Å². The van der Waals surface area contributed by atoms with Crippen molar-refractivity contribution in [3.05, 3.63) is 81.9 Å². The Morgan fingerprint density at radius 2 is 1.92 bits per heavy atom. The molecule has 184 valence electrons. The van der Waals surface area contributed by atoms with Crippen LogP contribution >= 0.6 is 23.4 Å². The molecule has 1 amide bonds. The van der Waals surface area contributed by atoms with Crippen molar-refractivity contribution in [3.63, 3.8) is 0 Å². The van der Waals surface area contributed by atoms with Gasteiger partial charge in [0, 0.05) is 17.7 Å². The molecule has 2 atom stereocenters. The van der Waals surface area contributed by atoms with Gasteiger partial charge in [-0.05, 0) is 73.0 Å². The van der Waals surface area contributed by atoms with Crippen LogP contribution in [0.3, 0.4) is 0 Å². The molecule has 36 heavy (non-hydrogen) atoms. The summed E-state index contributed by atoms with van der Waals surface area (Å²) in [7, 11) is 0. The number of carboxylic acids is 1. The minimum Gasteiger partial charge on any atom is -0.478 e. The van der Waals surface area contributed by atoms with Crippen LogP contribution in [0.15, 0.2) is 75.0 Å². The topological polar surface area (TPSA) is 83.1 Å². The normalized spacial score (nSPS) is 22.5. The highest BCUT2D eigenvalue weighted by Crippen LogP contribution is 2.40.